The van der Waals surface area contributed by atoms with E-state index in [0.29, 0.717) is 0 Å². The molecule has 0 bridgehead atoms. The number of pyridine rings is 1. The highest BCUT2D eigenvalue weighted by Gasteiger charge is 2.31. The Labute approximate surface area is 107 Å². The molecule has 2 aromatic rings. The van der Waals surface area contributed by atoms with E-state index in [1.54, 1.807) is 0 Å². The number of benzene rings is 1. The van der Waals surface area contributed by atoms with Crippen LogP contribution in [0.1, 0.15) is 20.3 Å². The summed E-state index contributed by atoms with van der Waals surface area (Å²) in [5.74, 6) is 0.931. The highest BCUT2D eigenvalue weighted by molar-refractivity contribution is 5.79. The molecule has 3 heteroatoms. The molecule has 94 valence electrons. The third-order valence-electron chi connectivity index (χ3n) is 3.42. The smallest absolute Gasteiger partial charge is 0.120 e. The van der Waals surface area contributed by atoms with E-state index >= 15 is 0 Å². The molecule has 1 fully saturated rings. The number of nitrogens with zero attached hydrogens (tertiary/aromatic N) is 1. The van der Waals surface area contributed by atoms with Crippen LogP contribution in [-0.2, 0) is 0 Å². The molecule has 3 nitrogen and oxygen atoms in total. The first kappa shape index (κ1) is 11.5. The number of hydrogen-bond donors (Lipinski definition) is 1. The lowest BCUT2D eigenvalue weighted by Gasteiger charge is -2.17. The summed E-state index contributed by atoms with van der Waals surface area (Å²) >= 11 is 0. The van der Waals surface area contributed by atoms with E-state index in [-0.39, 0.29) is 11.6 Å². The molecule has 1 saturated heterocycles. The zero-order valence-electron chi connectivity index (χ0n) is 10.8. The normalized spacial score (nSPS) is 22.2. The molecule has 1 aromatic heterocycles. The van der Waals surface area contributed by atoms with Crippen LogP contribution in [0, 0.1) is 0 Å². The first-order valence-corrected chi connectivity index (χ1v) is 6.39. The van der Waals surface area contributed by atoms with E-state index in [2.05, 4.69) is 36.3 Å². The van der Waals surface area contributed by atoms with Gasteiger partial charge in [0.05, 0.1) is 5.52 Å². The topological polar surface area (TPSA) is 34.1 Å². The lowest BCUT2D eigenvalue weighted by atomic mass is 10.0. The summed E-state index contributed by atoms with van der Waals surface area (Å²) in [4.78, 5) is 4.31. The number of rotatable bonds is 2. The zero-order valence-corrected chi connectivity index (χ0v) is 10.8. The van der Waals surface area contributed by atoms with Crippen molar-refractivity contribution < 1.29 is 4.74 Å². The van der Waals surface area contributed by atoms with Gasteiger partial charge in [-0.1, -0.05) is 6.07 Å². The van der Waals surface area contributed by atoms with Crippen molar-refractivity contribution in [2.75, 3.05) is 6.54 Å². The number of ether oxygens (including phenoxy) is 1. The molecule has 0 saturated carbocycles. The predicted octanol–water partition coefficient (Wildman–Crippen LogP) is 2.75. The second kappa shape index (κ2) is 4.25. The molecule has 1 unspecified atom stereocenters. The number of nitrogens with one attached hydrogen (secondary N) is 1. The van der Waals surface area contributed by atoms with Crippen molar-refractivity contribution in [1.29, 1.82) is 0 Å². The first-order chi connectivity index (χ1) is 8.62. The van der Waals surface area contributed by atoms with Crippen LogP contribution in [0.5, 0.6) is 5.75 Å². The molecule has 0 radical (unpaired) electrons. The second-order valence-corrected chi connectivity index (χ2v) is 5.57. The van der Waals surface area contributed by atoms with Gasteiger partial charge < -0.3 is 10.1 Å². The Morgan fingerprint density at radius 3 is 3.00 bits per heavy atom. The van der Waals surface area contributed by atoms with Crippen LogP contribution >= 0.6 is 0 Å². The molecule has 2 heterocycles. The summed E-state index contributed by atoms with van der Waals surface area (Å²) in [6.45, 7) is 5.33. The van der Waals surface area contributed by atoms with E-state index in [1.807, 2.05) is 24.4 Å². The van der Waals surface area contributed by atoms with Gasteiger partial charge in [-0.05, 0) is 38.1 Å². The zero-order chi connectivity index (χ0) is 12.6. The van der Waals surface area contributed by atoms with Crippen LogP contribution in [-0.4, -0.2) is 23.2 Å². The Morgan fingerprint density at radius 1 is 1.33 bits per heavy atom. The molecule has 1 aliphatic heterocycles. The Kier molecular flexibility index (Phi) is 2.71. The van der Waals surface area contributed by atoms with Gasteiger partial charge in [0.1, 0.15) is 11.9 Å². The van der Waals surface area contributed by atoms with Gasteiger partial charge in [0.25, 0.3) is 0 Å². The van der Waals surface area contributed by atoms with Gasteiger partial charge in [-0.15, -0.1) is 0 Å². The van der Waals surface area contributed by atoms with Gasteiger partial charge in [0, 0.05) is 30.1 Å². The average molecular weight is 242 g/mol. The fourth-order valence-corrected chi connectivity index (χ4v) is 2.51. The maximum Gasteiger partial charge on any atom is 0.120 e. The highest BCUT2D eigenvalue weighted by Crippen LogP contribution is 2.25. The quantitative estimate of drug-likeness (QED) is 0.879. The molecular formula is C15H18N2O. The van der Waals surface area contributed by atoms with E-state index in [0.717, 1.165) is 29.6 Å². The second-order valence-electron chi connectivity index (χ2n) is 5.57. The summed E-state index contributed by atoms with van der Waals surface area (Å²) in [6.07, 6.45) is 3.11. The van der Waals surface area contributed by atoms with Crippen molar-refractivity contribution in [3.8, 4) is 5.75 Å². The molecular weight excluding hydrogens is 224 g/mol. The van der Waals surface area contributed by atoms with Crippen molar-refractivity contribution in [2.24, 2.45) is 0 Å². The summed E-state index contributed by atoms with van der Waals surface area (Å²) in [7, 11) is 0. The van der Waals surface area contributed by atoms with Crippen molar-refractivity contribution >= 4 is 10.9 Å². The Bertz CT molecular complexity index is 565. The van der Waals surface area contributed by atoms with E-state index in [9.17, 15) is 0 Å². The minimum Gasteiger partial charge on any atom is -0.489 e. The van der Waals surface area contributed by atoms with Crippen LogP contribution in [0.4, 0.5) is 0 Å². The Balaban J connectivity index is 1.79. The lowest BCUT2D eigenvalue weighted by molar-refractivity contribution is 0.214. The van der Waals surface area contributed by atoms with Crippen molar-refractivity contribution in [2.45, 2.75) is 31.9 Å². The SMILES string of the molecule is CC1(C)CC(Oc2ccc3ncccc3c2)CN1. The van der Waals surface area contributed by atoms with Crippen LogP contribution in [0.25, 0.3) is 10.9 Å². The molecule has 0 spiro atoms. The van der Waals surface area contributed by atoms with E-state index < -0.39 is 0 Å². The number of aromatic nitrogens is 1. The van der Waals surface area contributed by atoms with Gasteiger partial charge >= 0.3 is 0 Å². The number of fused-ring (bicyclic) bond motifs is 1. The molecule has 0 amide bonds. The maximum atomic E-state index is 6.03. The van der Waals surface area contributed by atoms with Crippen LogP contribution in [0.3, 0.4) is 0 Å². The number of hydrogen-bond acceptors (Lipinski definition) is 3. The summed E-state index contributed by atoms with van der Waals surface area (Å²) in [5, 5.41) is 4.59. The maximum absolute atomic E-state index is 6.03. The summed E-state index contributed by atoms with van der Waals surface area (Å²) in [6, 6.07) is 10.1. The van der Waals surface area contributed by atoms with Crippen molar-refractivity contribution in [3.05, 3.63) is 36.5 Å². The molecule has 18 heavy (non-hydrogen) atoms. The summed E-state index contributed by atoms with van der Waals surface area (Å²) in [5.41, 5.74) is 1.19. The van der Waals surface area contributed by atoms with Gasteiger partial charge in [0.15, 0.2) is 0 Å². The van der Waals surface area contributed by atoms with E-state index in [1.165, 1.54) is 0 Å². The van der Waals surface area contributed by atoms with Crippen molar-refractivity contribution in [1.82, 2.24) is 10.3 Å². The largest absolute Gasteiger partial charge is 0.489 e. The van der Waals surface area contributed by atoms with Crippen LogP contribution < -0.4 is 10.1 Å². The van der Waals surface area contributed by atoms with Gasteiger partial charge in [0.2, 0.25) is 0 Å². The van der Waals surface area contributed by atoms with Crippen LogP contribution in [0.2, 0.25) is 0 Å². The third-order valence-corrected chi connectivity index (χ3v) is 3.42. The Morgan fingerprint density at radius 2 is 2.22 bits per heavy atom. The average Bonchev–Trinajstić information content (AvgIpc) is 2.68. The Hall–Kier alpha value is -1.61. The molecule has 1 aromatic carbocycles. The molecule has 0 aliphatic carbocycles. The molecule has 3 rings (SSSR count). The van der Waals surface area contributed by atoms with Crippen molar-refractivity contribution in [3.63, 3.8) is 0 Å². The fraction of sp³-hybridized carbons (Fsp3) is 0.400. The summed E-state index contributed by atoms with van der Waals surface area (Å²) < 4.78 is 6.03. The monoisotopic (exact) mass is 242 g/mol. The van der Waals surface area contributed by atoms with E-state index in [4.69, 9.17) is 4.74 Å². The van der Waals surface area contributed by atoms with Gasteiger partial charge in [-0.2, -0.15) is 0 Å². The third kappa shape index (κ3) is 2.31. The van der Waals surface area contributed by atoms with Crippen LogP contribution in [0.15, 0.2) is 36.5 Å². The lowest BCUT2D eigenvalue weighted by Crippen LogP contribution is -2.31. The molecule has 1 aliphatic rings. The molecule has 1 atom stereocenters. The van der Waals surface area contributed by atoms with Gasteiger partial charge in [-0.3, -0.25) is 4.98 Å². The minimum absolute atomic E-state index is 0.184. The van der Waals surface area contributed by atoms with Gasteiger partial charge in [-0.25, -0.2) is 0 Å². The predicted molar refractivity (Wildman–Crippen MR) is 72.9 cm³/mol. The minimum atomic E-state index is 0.184. The first-order valence-electron chi connectivity index (χ1n) is 6.39. The fourth-order valence-electron chi connectivity index (χ4n) is 2.51. The molecule has 1 N–H and O–H groups in total. The standard InChI is InChI=1S/C15H18N2O/c1-15(2)9-13(10-17-15)18-12-5-6-14-11(8-12)4-3-7-16-14/h3-8,13,17H,9-10H2,1-2H3. The highest BCUT2D eigenvalue weighted by atomic mass is 16.5.